The number of anilines is 2. The normalized spacial score (nSPS) is 16.9. The molecule has 10 heteroatoms. The predicted molar refractivity (Wildman–Crippen MR) is 171 cm³/mol. The molecule has 0 aliphatic heterocycles. The summed E-state index contributed by atoms with van der Waals surface area (Å²) in [4.78, 5) is 26.4. The van der Waals surface area contributed by atoms with Gasteiger partial charge in [-0.25, -0.2) is 14.8 Å². The van der Waals surface area contributed by atoms with Crippen LogP contribution in [0.5, 0.6) is 0 Å². The van der Waals surface area contributed by atoms with Crippen LogP contribution in [0.2, 0.25) is 0 Å². The van der Waals surface area contributed by atoms with Crippen LogP contribution in [0.4, 0.5) is 16.4 Å². The van der Waals surface area contributed by atoms with E-state index < -0.39 is 5.60 Å². The largest absolute Gasteiger partial charge is 0.444 e. The number of amides is 1. The lowest BCUT2D eigenvalue weighted by Crippen LogP contribution is -2.40. The Morgan fingerprint density at radius 3 is 2.58 bits per heavy atom. The van der Waals surface area contributed by atoms with E-state index in [0.29, 0.717) is 25.0 Å². The molecule has 1 saturated carbocycles. The number of hydrogen-bond acceptors (Lipinski definition) is 7. The molecule has 4 aromatic rings. The number of hydrogen-bond donors (Lipinski definition) is 1. The maximum absolute atomic E-state index is 13.1. The Balaban J connectivity index is 1.23. The van der Waals surface area contributed by atoms with Crippen LogP contribution in [0.1, 0.15) is 58.1 Å². The first-order chi connectivity index (χ1) is 20.7. The third kappa shape index (κ3) is 7.86. The van der Waals surface area contributed by atoms with E-state index in [4.69, 9.17) is 9.84 Å². The van der Waals surface area contributed by atoms with Gasteiger partial charge in [-0.05, 0) is 70.4 Å². The zero-order valence-electron chi connectivity index (χ0n) is 26.2. The lowest BCUT2D eigenvalue weighted by atomic mass is 10.1. The Morgan fingerprint density at radius 2 is 1.86 bits per heavy atom. The number of carbonyl (C=O) groups excluding carboxylic acids is 1. The van der Waals surface area contributed by atoms with Gasteiger partial charge in [-0.15, -0.1) is 0 Å². The molecule has 3 aromatic heterocycles. The Morgan fingerprint density at radius 1 is 1.05 bits per heavy atom. The highest BCUT2D eigenvalue weighted by molar-refractivity contribution is 5.87. The lowest BCUT2D eigenvalue weighted by molar-refractivity contribution is 0.0250. The van der Waals surface area contributed by atoms with Gasteiger partial charge in [0, 0.05) is 64.8 Å². The third-order valence-electron chi connectivity index (χ3n) is 8.18. The van der Waals surface area contributed by atoms with E-state index in [1.165, 1.54) is 5.56 Å². The van der Waals surface area contributed by atoms with Crippen molar-refractivity contribution in [3.8, 4) is 0 Å². The van der Waals surface area contributed by atoms with Gasteiger partial charge in [0.05, 0.1) is 5.39 Å². The second kappa shape index (κ2) is 13.5. The Kier molecular flexibility index (Phi) is 9.52. The molecule has 43 heavy (non-hydrogen) atoms. The zero-order valence-corrected chi connectivity index (χ0v) is 26.2. The lowest BCUT2D eigenvalue weighted by Gasteiger charge is -2.30. The molecule has 0 unspecified atom stereocenters. The summed E-state index contributed by atoms with van der Waals surface area (Å²) in [5.41, 5.74) is 1.67. The molecule has 1 aliphatic rings. The van der Waals surface area contributed by atoms with Gasteiger partial charge in [-0.1, -0.05) is 30.3 Å². The summed E-state index contributed by atoms with van der Waals surface area (Å²) < 4.78 is 9.96. The summed E-state index contributed by atoms with van der Waals surface area (Å²) in [6.45, 7) is 8.74. The molecule has 0 spiro atoms. The number of rotatable bonds is 12. The molecule has 1 aromatic carbocycles. The molecule has 1 fully saturated rings. The average molecular weight is 587 g/mol. The first-order valence-corrected chi connectivity index (χ1v) is 15.5. The molecular formula is C33H46N8O2. The zero-order chi connectivity index (χ0) is 30.4. The van der Waals surface area contributed by atoms with Crippen molar-refractivity contribution in [1.29, 1.82) is 0 Å². The Labute approximate surface area is 255 Å². The fourth-order valence-corrected chi connectivity index (χ4v) is 6.10. The predicted octanol–water partition coefficient (Wildman–Crippen LogP) is 5.92. The number of carbonyl (C=O) groups is 1. The van der Waals surface area contributed by atoms with Crippen LogP contribution in [0.25, 0.3) is 11.0 Å². The highest BCUT2D eigenvalue weighted by atomic mass is 16.6. The Hall–Kier alpha value is -4.08. The number of nitrogens with one attached hydrogen (secondary N) is 1. The highest BCUT2D eigenvalue weighted by Gasteiger charge is 2.29. The molecular weight excluding hydrogens is 540 g/mol. The molecule has 0 saturated heterocycles. The number of nitrogens with zero attached hydrogens (tertiary/aromatic N) is 7. The summed E-state index contributed by atoms with van der Waals surface area (Å²) in [5.74, 6) is 2.38. The molecule has 0 bridgehead atoms. The molecule has 230 valence electrons. The van der Waals surface area contributed by atoms with Crippen LogP contribution in [0.3, 0.4) is 0 Å². The van der Waals surface area contributed by atoms with Gasteiger partial charge in [-0.2, -0.15) is 5.10 Å². The van der Waals surface area contributed by atoms with Crippen molar-refractivity contribution in [3.63, 3.8) is 0 Å². The fraction of sp³-hybridized carbons (Fsp3) is 0.515. The minimum Gasteiger partial charge on any atom is -0.444 e. The van der Waals surface area contributed by atoms with E-state index in [0.717, 1.165) is 67.9 Å². The minimum absolute atomic E-state index is 0.254. The van der Waals surface area contributed by atoms with Crippen molar-refractivity contribution in [1.82, 2.24) is 29.2 Å². The van der Waals surface area contributed by atoms with E-state index in [-0.39, 0.29) is 6.09 Å². The maximum Gasteiger partial charge on any atom is 0.410 e. The van der Waals surface area contributed by atoms with E-state index in [9.17, 15) is 4.79 Å². The van der Waals surface area contributed by atoms with E-state index in [1.54, 1.807) is 6.33 Å². The molecule has 3 heterocycles. The number of fused-ring (bicyclic) bond motifs is 1. The number of ether oxygens (including phenoxy) is 1. The van der Waals surface area contributed by atoms with Crippen LogP contribution in [-0.2, 0) is 18.2 Å². The second-order valence-electron chi connectivity index (χ2n) is 12.6. The quantitative estimate of drug-likeness (QED) is 0.220. The van der Waals surface area contributed by atoms with Crippen LogP contribution in [0.15, 0.2) is 61.2 Å². The van der Waals surface area contributed by atoms with Gasteiger partial charge in [-0.3, -0.25) is 4.68 Å². The molecule has 1 aliphatic carbocycles. The number of benzene rings is 1. The van der Waals surface area contributed by atoms with Gasteiger partial charge in [0.1, 0.15) is 23.4 Å². The van der Waals surface area contributed by atoms with Gasteiger partial charge in [0.15, 0.2) is 5.82 Å². The van der Waals surface area contributed by atoms with Crippen LogP contribution in [0, 0.1) is 5.92 Å². The molecule has 10 nitrogen and oxygen atoms in total. The standard InChI is InChI=1S/C33H46N8O2/c1-33(2,3)43-32(42)39(20-14-25-10-7-6-8-11-25)17-9-18-40(29-16-19-38(5)37-29)23-26-12-13-27(22-26)41-21-15-28-30(34-4)35-24-36-31(28)41/h6-8,10-11,15-16,19,21,24,26-27H,9,12-14,17-18,20,22-23H2,1-5H3,(H,34,35,36)/t26-,27+/m1/s1. The molecule has 1 amide bonds. The van der Waals surface area contributed by atoms with Crippen LogP contribution < -0.4 is 10.2 Å². The first-order valence-electron chi connectivity index (χ1n) is 15.5. The van der Waals surface area contributed by atoms with Crippen LogP contribution in [-0.4, -0.2) is 74.1 Å². The molecule has 1 N–H and O–H groups in total. The summed E-state index contributed by atoms with van der Waals surface area (Å²) >= 11 is 0. The maximum atomic E-state index is 13.1. The molecule has 2 atom stereocenters. The fourth-order valence-electron chi connectivity index (χ4n) is 6.10. The van der Waals surface area contributed by atoms with Gasteiger partial charge < -0.3 is 24.4 Å². The third-order valence-corrected chi connectivity index (χ3v) is 8.18. The molecule has 0 radical (unpaired) electrons. The smallest absolute Gasteiger partial charge is 0.410 e. The van der Waals surface area contributed by atoms with E-state index in [2.05, 4.69) is 55.2 Å². The van der Waals surface area contributed by atoms with Crippen LogP contribution >= 0.6 is 0 Å². The SMILES string of the molecule is CNc1ncnc2c1ccn2[C@H]1CC[C@@H](CN(CCCN(CCc2ccccc2)C(=O)OC(C)(C)C)c2ccn(C)n2)C1. The minimum atomic E-state index is -0.535. The molecule has 5 rings (SSSR count). The van der Waals surface area contributed by atoms with E-state index in [1.807, 2.05) is 68.8 Å². The summed E-state index contributed by atoms with van der Waals surface area (Å²) in [7, 11) is 3.85. The van der Waals surface area contributed by atoms with E-state index >= 15 is 0 Å². The summed E-state index contributed by atoms with van der Waals surface area (Å²) in [6, 6.07) is 14.9. The summed E-state index contributed by atoms with van der Waals surface area (Å²) in [6.07, 6.45) is 10.5. The summed E-state index contributed by atoms with van der Waals surface area (Å²) in [5, 5.41) is 8.99. The second-order valence-corrected chi connectivity index (χ2v) is 12.6. The van der Waals surface area contributed by atoms with Gasteiger partial charge in [0.2, 0.25) is 0 Å². The highest BCUT2D eigenvalue weighted by Crippen LogP contribution is 2.38. The van der Waals surface area contributed by atoms with Crippen molar-refractivity contribution >= 4 is 28.8 Å². The van der Waals surface area contributed by atoms with Crippen molar-refractivity contribution in [2.24, 2.45) is 13.0 Å². The topological polar surface area (TPSA) is 93.3 Å². The van der Waals surface area contributed by atoms with Crippen molar-refractivity contribution in [3.05, 3.63) is 66.7 Å². The van der Waals surface area contributed by atoms with Gasteiger partial charge in [0.25, 0.3) is 0 Å². The number of aromatic nitrogens is 5. The average Bonchev–Trinajstić information content (AvgIpc) is 3.73. The van der Waals surface area contributed by atoms with Crippen molar-refractivity contribution in [2.75, 3.05) is 43.4 Å². The first kappa shape index (κ1) is 30.4. The van der Waals surface area contributed by atoms with Crippen molar-refractivity contribution in [2.45, 2.75) is 64.5 Å². The van der Waals surface area contributed by atoms with Crippen molar-refractivity contribution < 1.29 is 9.53 Å². The van der Waals surface area contributed by atoms with Gasteiger partial charge >= 0.3 is 6.09 Å². The number of aryl methyl sites for hydroxylation is 1. The Bertz CT molecular complexity index is 1480. The monoisotopic (exact) mass is 586 g/mol.